The summed E-state index contributed by atoms with van der Waals surface area (Å²) in [5.74, 6) is 3.34. The van der Waals surface area contributed by atoms with Crippen LogP contribution in [0, 0.1) is 6.92 Å². The van der Waals surface area contributed by atoms with Crippen molar-refractivity contribution in [3.05, 3.63) is 58.7 Å². The van der Waals surface area contributed by atoms with Crippen molar-refractivity contribution in [3.8, 4) is 17.2 Å². The summed E-state index contributed by atoms with van der Waals surface area (Å²) in [5.41, 5.74) is 2.58. The third kappa shape index (κ3) is 4.04. The molecule has 144 valence electrons. The number of methoxy groups -OCH3 is 1. The molecule has 0 unspecified atom stereocenters. The Balaban J connectivity index is 1.50. The van der Waals surface area contributed by atoms with Gasteiger partial charge in [-0.3, -0.25) is 0 Å². The molecule has 1 aliphatic rings. The van der Waals surface area contributed by atoms with E-state index in [1.165, 1.54) is 0 Å². The number of halogens is 1. The molecule has 0 atom stereocenters. The first-order chi connectivity index (χ1) is 13.6. The Morgan fingerprint density at radius 1 is 1.07 bits per heavy atom. The lowest BCUT2D eigenvalue weighted by Gasteiger charge is -2.13. The summed E-state index contributed by atoms with van der Waals surface area (Å²) in [4.78, 5) is 8.97. The summed E-state index contributed by atoms with van der Waals surface area (Å²) in [6.07, 6.45) is 0. The van der Waals surface area contributed by atoms with Crippen molar-refractivity contribution in [1.82, 2.24) is 9.97 Å². The Kier molecular flexibility index (Phi) is 5.08. The molecule has 0 amide bonds. The average Bonchev–Trinajstić information content (AvgIpc) is 3.14. The van der Waals surface area contributed by atoms with Gasteiger partial charge in [-0.05, 0) is 42.8 Å². The number of fused-ring (bicyclic) bond motifs is 1. The molecule has 0 radical (unpaired) electrons. The molecule has 2 heterocycles. The SMILES string of the molecule is COc1ccc(Cl)cc1Nc1nc(C)cc(NCc2ccc3c(c2)OCO3)n1. The number of aryl methyl sites for hydroxylation is 1. The first-order valence-electron chi connectivity index (χ1n) is 8.69. The summed E-state index contributed by atoms with van der Waals surface area (Å²) >= 11 is 6.09. The second-order valence-electron chi connectivity index (χ2n) is 6.23. The minimum absolute atomic E-state index is 0.263. The topological polar surface area (TPSA) is 77.5 Å². The van der Waals surface area contributed by atoms with Crippen LogP contribution < -0.4 is 24.8 Å². The van der Waals surface area contributed by atoms with Crippen LogP contribution in [0.25, 0.3) is 0 Å². The molecule has 1 aromatic heterocycles. The van der Waals surface area contributed by atoms with E-state index in [0.29, 0.717) is 34.8 Å². The number of aromatic nitrogens is 2. The van der Waals surface area contributed by atoms with E-state index in [0.717, 1.165) is 22.8 Å². The fraction of sp³-hybridized carbons (Fsp3) is 0.200. The zero-order valence-electron chi connectivity index (χ0n) is 15.5. The molecule has 0 spiro atoms. The largest absolute Gasteiger partial charge is 0.495 e. The van der Waals surface area contributed by atoms with Crippen LogP contribution in [0.3, 0.4) is 0 Å². The Morgan fingerprint density at radius 3 is 2.79 bits per heavy atom. The Hall–Kier alpha value is -3.19. The van der Waals surface area contributed by atoms with Crippen molar-refractivity contribution in [2.75, 3.05) is 24.5 Å². The lowest BCUT2D eigenvalue weighted by molar-refractivity contribution is 0.174. The fourth-order valence-corrected chi connectivity index (χ4v) is 3.03. The molecular weight excluding hydrogens is 380 g/mol. The highest BCUT2D eigenvalue weighted by Gasteiger charge is 2.13. The van der Waals surface area contributed by atoms with Gasteiger partial charge in [-0.1, -0.05) is 17.7 Å². The molecule has 0 saturated carbocycles. The van der Waals surface area contributed by atoms with Crippen molar-refractivity contribution in [3.63, 3.8) is 0 Å². The van der Waals surface area contributed by atoms with Gasteiger partial charge in [-0.25, -0.2) is 4.98 Å². The van der Waals surface area contributed by atoms with Crippen molar-refractivity contribution in [2.24, 2.45) is 0 Å². The van der Waals surface area contributed by atoms with Crippen LogP contribution in [0.15, 0.2) is 42.5 Å². The molecule has 8 heteroatoms. The van der Waals surface area contributed by atoms with Gasteiger partial charge >= 0.3 is 0 Å². The van der Waals surface area contributed by atoms with Gasteiger partial charge in [0.05, 0.1) is 12.8 Å². The van der Waals surface area contributed by atoms with E-state index in [4.69, 9.17) is 25.8 Å². The molecule has 1 aliphatic heterocycles. The predicted molar refractivity (Wildman–Crippen MR) is 108 cm³/mol. The molecule has 0 saturated heterocycles. The number of hydrogen-bond donors (Lipinski definition) is 2. The molecule has 0 bridgehead atoms. The maximum atomic E-state index is 6.09. The standard InChI is InChI=1S/C20H19ClN4O3/c1-12-7-19(22-10-13-3-5-17-18(8-13)28-11-27-17)25-20(23-12)24-15-9-14(21)4-6-16(15)26-2/h3-9H,10-11H2,1-2H3,(H2,22,23,24,25). The third-order valence-corrected chi connectivity index (χ3v) is 4.41. The van der Waals surface area contributed by atoms with Gasteiger partial charge in [0.15, 0.2) is 11.5 Å². The van der Waals surface area contributed by atoms with Gasteiger partial charge in [0.1, 0.15) is 11.6 Å². The second kappa shape index (κ2) is 7.82. The van der Waals surface area contributed by atoms with E-state index < -0.39 is 0 Å². The van der Waals surface area contributed by atoms with Crippen LogP contribution in [-0.2, 0) is 6.54 Å². The molecule has 0 fully saturated rings. The summed E-state index contributed by atoms with van der Waals surface area (Å²) in [6, 6.07) is 13.1. The summed E-state index contributed by atoms with van der Waals surface area (Å²) in [5, 5.41) is 7.08. The Labute approximate surface area is 167 Å². The average molecular weight is 399 g/mol. The Morgan fingerprint density at radius 2 is 1.93 bits per heavy atom. The number of nitrogens with zero attached hydrogens (tertiary/aromatic N) is 2. The maximum Gasteiger partial charge on any atom is 0.231 e. The highest BCUT2D eigenvalue weighted by Crippen LogP contribution is 2.33. The lowest BCUT2D eigenvalue weighted by atomic mass is 10.2. The predicted octanol–water partition coefficient (Wildman–Crippen LogP) is 4.53. The highest BCUT2D eigenvalue weighted by molar-refractivity contribution is 6.31. The van der Waals surface area contributed by atoms with E-state index in [2.05, 4.69) is 20.6 Å². The minimum Gasteiger partial charge on any atom is -0.495 e. The molecule has 0 aliphatic carbocycles. The van der Waals surface area contributed by atoms with Crippen molar-refractivity contribution >= 4 is 29.1 Å². The zero-order valence-corrected chi connectivity index (χ0v) is 16.2. The van der Waals surface area contributed by atoms with Gasteiger partial charge in [0.2, 0.25) is 12.7 Å². The molecule has 28 heavy (non-hydrogen) atoms. The number of ether oxygens (including phenoxy) is 3. The molecule has 7 nitrogen and oxygen atoms in total. The van der Waals surface area contributed by atoms with E-state index in [1.807, 2.05) is 31.2 Å². The van der Waals surface area contributed by atoms with Crippen molar-refractivity contribution in [1.29, 1.82) is 0 Å². The number of hydrogen-bond acceptors (Lipinski definition) is 7. The molecule has 4 rings (SSSR count). The molecule has 2 aromatic carbocycles. The first kappa shape index (κ1) is 18.2. The quantitative estimate of drug-likeness (QED) is 0.631. The van der Waals surface area contributed by atoms with Crippen LogP contribution in [0.2, 0.25) is 5.02 Å². The first-order valence-corrected chi connectivity index (χ1v) is 9.07. The highest BCUT2D eigenvalue weighted by atomic mass is 35.5. The summed E-state index contributed by atoms with van der Waals surface area (Å²) in [6.45, 7) is 2.76. The van der Waals surface area contributed by atoms with Crippen LogP contribution in [0.4, 0.5) is 17.5 Å². The smallest absolute Gasteiger partial charge is 0.231 e. The monoisotopic (exact) mass is 398 g/mol. The number of anilines is 3. The second-order valence-corrected chi connectivity index (χ2v) is 6.67. The number of nitrogens with one attached hydrogen (secondary N) is 2. The van der Waals surface area contributed by atoms with Crippen molar-refractivity contribution < 1.29 is 14.2 Å². The normalized spacial score (nSPS) is 12.0. The minimum atomic E-state index is 0.263. The molecular formula is C20H19ClN4O3. The maximum absolute atomic E-state index is 6.09. The zero-order chi connectivity index (χ0) is 19.5. The summed E-state index contributed by atoms with van der Waals surface area (Å²) in [7, 11) is 1.60. The Bertz CT molecular complexity index is 1010. The van der Waals surface area contributed by atoms with E-state index in [-0.39, 0.29) is 6.79 Å². The van der Waals surface area contributed by atoms with Crippen LogP contribution in [0.1, 0.15) is 11.3 Å². The number of benzene rings is 2. The van der Waals surface area contributed by atoms with Crippen LogP contribution in [-0.4, -0.2) is 23.9 Å². The van der Waals surface area contributed by atoms with Gasteiger partial charge in [-0.2, -0.15) is 4.98 Å². The summed E-state index contributed by atoms with van der Waals surface area (Å²) < 4.78 is 16.1. The number of rotatable bonds is 6. The van der Waals surface area contributed by atoms with Gasteiger partial charge in [-0.15, -0.1) is 0 Å². The van der Waals surface area contributed by atoms with E-state index in [9.17, 15) is 0 Å². The van der Waals surface area contributed by atoms with E-state index in [1.54, 1.807) is 25.3 Å². The molecule has 2 N–H and O–H groups in total. The third-order valence-electron chi connectivity index (χ3n) is 4.17. The van der Waals surface area contributed by atoms with E-state index >= 15 is 0 Å². The lowest BCUT2D eigenvalue weighted by Crippen LogP contribution is -2.06. The van der Waals surface area contributed by atoms with Crippen LogP contribution in [0.5, 0.6) is 17.2 Å². The van der Waals surface area contributed by atoms with Crippen molar-refractivity contribution in [2.45, 2.75) is 13.5 Å². The van der Waals surface area contributed by atoms with Gasteiger partial charge in [0, 0.05) is 23.3 Å². The van der Waals surface area contributed by atoms with Gasteiger partial charge < -0.3 is 24.8 Å². The van der Waals surface area contributed by atoms with Crippen LogP contribution >= 0.6 is 11.6 Å². The van der Waals surface area contributed by atoms with Gasteiger partial charge in [0.25, 0.3) is 0 Å². The molecule has 3 aromatic rings. The fourth-order valence-electron chi connectivity index (χ4n) is 2.86.